The lowest BCUT2D eigenvalue weighted by Gasteiger charge is -2.42. The molecule has 0 saturated heterocycles. The summed E-state index contributed by atoms with van der Waals surface area (Å²) in [7, 11) is 0. The Hall–Kier alpha value is -0.990. The van der Waals surface area contributed by atoms with Crippen molar-refractivity contribution in [2.75, 3.05) is 0 Å². The molecule has 2 nitrogen and oxygen atoms in total. The van der Waals surface area contributed by atoms with Crippen LogP contribution in [-0.4, -0.2) is 11.0 Å². The van der Waals surface area contributed by atoms with Crippen LogP contribution in [0.5, 0.6) is 0 Å². The largest absolute Gasteiger partial charge is 0.392 e. The van der Waals surface area contributed by atoms with E-state index in [1.54, 1.807) is 18.2 Å². The van der Waals surface area contributed by atoms with Crippen LogP contribution in [0.1, 0.15) is 31.4 Å². The van der Waals surface area contributed by atoms with E-state index in [4.69, 9.17) is 10.4 Å². The van der Waals surface area contributed by atoms with E-state index in [2.05, 4.69) is 15.9 Å². The van der Waals surface area contributed by atoms with Gasteiger partial charge in [0.15, 0.2) is 0 Å². The summed E-state index contributed by atoms with van der Waals surface area (Å²) >= 11 is 3.25. The van der Waals surface area contributed by atoms with Crippen molar-refractivity contribution in [3.8, 4) is 6.07 Å². The van der Waals surface area contributed by atoms with E-state index in [1.165, 1.54) is 0 Å². The molecule has 1 aromatic carbocycles. The smallest absolute Gasteiger partial charge is 0.251 e. The van der Waals surface area contributed by atoms with Gasteiger partial charge < -0.3 is 5.11 Å². The first-order valence-corrected chi connectivity index (χ1v) is 5.90. The SMILES string of the molecule is C.N#CC1(c2cc(Br)cc(CO)c2)CC(F)(F)C1. The van der Waals surface area contributed by atoms with Crippen molar-refractivity contribution < 1.29 is 13.9 Å². The quantitative estimate of drug-likeness (QED) is 0.902. The molecule has 1 N–H and O–H groups in total. The Bertz CT molecular complexity index is 488. The van der Waals surface area contributed by atoms with E-state index in [-0.39, 0.29) is 14.0 Å². The van der Waals surface area contributed by atoms with E-state index >= 15 is 0 Å². The summed E-state index contributed by atoms with van der Waals surface area (Å²) in [5.74, 6) is -2.75. The molecule has 0 heterocycles. The van der Waals surface area contributed by atoms with E-state index < -0.39 is 24.2 Å². The van der Waals surface area contributed by atoms with Gasteiger partial charge in [-0.15, -0.1) is 0 Å². The molecule has 1 fully saturated rings. The highest BCUT2D eigenvalue weighted by atomic mass is 79.9. The first-order chi connectivity index (χ1) is 7.91. The van der Waals surface area contributed by atoms with Crippen LogP contribution in [0.15, 0.2) is 22.7 Å². The number of halogens is 3. The van der Waals surface area contributed by atoms with Crippen LogP contribution >= 0.6 is 15.9 Å². The van der Waals surface area contributed by atoms with E-state index in [9.17, 15) is 8.78 Å². The van der Waals surface area contributed by atoms with Crippen LogP contribution in [0.3, 0.4) is 0 Å². The fraction of sp³-hybridized carbons (Fsp3) is 0.462. The zero-order valence-electron chi connectivity index (χ0n) is 8.88. The Morgan fingerprint density at radius 2 is 1.94 bits per heavy atom. The van der Waals surface area contributed by atoms with Gasteiger partial charge in [0, 0.05) is 17.3 Å². The van der Waals surface area contributed by atoms with Crippen molar-refractivity contribution in [2.45, 2.75) is 38.2 Å². The van der Waals surface area contributed by atoms with Crippen LogP contribution in [0, 0.1) is 11.3 Å². The molecule has 0 bridgehead atoms. The second-order valence-corrected chi connectivity index (χ2v) is 5.33. The molecule has 1 aromatic rings. The van der Waals surface area contributed by atoms with E-state index in [1.807, 2.05) is 6.07 Å². The Labute approximate surface area is 113 Å². The van der Waals surface area contributed by atoms with Gasteiger partial charge in [0.25, 0.3) is 5.92 Å². The zero-order valence-corrected chi connectivity index (χ0v) is 10.5. The standard InChI is InChI=1S/C12H10BrF2NO.CH4/c13-10-2-8(4-17)1-9(3-10)11(7-16)5-12(14,15)6-11;/h1-3,17H,4-6H2;1H4. The first kappa shape index (κ1) is 15.1. The maximum atomic E-state index is 13.0. The zero-order chi connectivity index (χ0) is 12.7. The molecule has 0 spiro atoms. The van der Waals surface area contributed by atoms with Crippen molar-refractivity contribution in [3.05, 3.63) is 33.8 Å². The van der Waals surface area contributed by atoms with Crippen LogP contribution in [0.2, 0.25) is 0 Å². The molecular formula is C13H14BrF2NO. The van der Waals surface area contributed by atoms with Crippen molar-refractivity contribution in [2.24, 2.45) is 0 Å². The van der Waals surface area contributed by atoms with E-state index in [0.29, 0.717) is 15.6 Å². The Morgan fingerprint density at radius 3 is 2.39 bits per heavy atom. The molecule has 0 radical (unpaired) electrons. The second-order valence-electron chi connectivity index (χ2n) is 4.41. The highest BCUT2D eigenvalue weighted by molar-refractivity contribution is 9.10. The number of aliphatic hydroxyl groups excluding tert-OH is 1. The summed E-state index contributed by atoms with van der Waals surface area (Å²) in [4.78, 5) is 0. The molecule has 0 atom stereocenters. The minimum absolute atomic E-state index is 0. The van der Waals surface area contributed by atoms with Gasteiger partial charge in [0.2, 0.25) is 0 Å². The lowest BCUT2D eigenvalue weighted by Crippen LogP contribution is -2.48. The molecule has 1 saturated carbocycles. The highest BCUT2D eigenvalue weighted by Gasteiger charge is 2.58. The third kappa shape index (κ3) is 2.55. The topological polar surface area (TPSA) is 44.0 Å². The summed E-state index contributed by atoms with van der Waals surface area (Å²) in [6.07, 6.45) is -0.893. The van der Waals surface area contributed by atoms with Crippen molar-refractivity contribution >= 4 is 15.9 Å². The maximum absolute atomic E-state index is 13.0. The van der Waals surface area contributed by atoms with Crippen molar-refractivity contribution in [3.63, 3.8) is 0 Å². The molecule has 0 unspecified atom stereocenters. The molecule has 5 heteroatoms. The number of aliphatic hydroxyl groups is 1. The van der Waals surface area contributed by atoms with Crippen molar-refractivity contribution in [1.29, 1.82) is 5.26 Å². The number of rotatable bonds is 2. The molecule has 18 heavy (non-hydrogen) atoms. The van der Waals surface area contributed by atoms with Crippen LogP contribution in [0.25, 0.3) is 0 Å². The number of nitriles is 1. The summed E-state index contributed by atoms with van der Waals surface area (Å²) in [5, 5.41) is 18.2. The lowest BCUT2D eigenvalue weighted by atomic mass is 9.63. The van der Waals surface area contributed by atoms with E-state index in [0.717, 1.165) is 0 Å². The molecular weight excluding hydrogens is 304 g/mol. The molecule has 0 aromatic heterocycles. The number of hydrogen-bond donors (Lipinski definition) is 1. The van der Waals surface area contributed by atoms with Gasteiger partial charge in [-0.1, -0.05) is 29.4 Å². The average Bonchev–Trinajstić information content (AvgIpc) is 2.24. The lowest BCUT2D eigenvalue weighted by molar-refractivity contribution is -0.109. The molecule has 1 aliphatic carbocycles. The van der Waals surface area contributed by atoms with Gasteiger partial charge in [0.05, 0.1) is 18.1 Å². The number of nitrogens with zero attached hydrogens (tertiary/aromatic N) is 1. The minimum atomic E-state index is -2.75. The number of benzene rings is 1. The molecule has 0 aliphatic heterocycles. The fourth-order valence-corrected chi connectivity index (χ4v) is 2.74. The third-order valence-electron chi connectivity index (χ3n) is 3.03. The molecule has 98 valence electrons. The summed E-state index contributed by atoms with van der Waals surface area (Å²) in [6.45, 7) is -0.176. The molecule has 2 rings (SSSR count). The van der Waals surface area contributed by atoms with Gasteiger partial charge >= 0.3 is 0 Å². The number of alkyl halides is 2. The van der Waals surface area contributed by atoms with Crippen molar-refractivity contribution in [1.82, 2.24) is 0 Å². The fourth-order valence-electron chi connectivity index (χ4n) is 2.20. The Balaban J connectivity index is 0.00000162. The second kappa shape index (κ2) is 4.94. The Morgan fingerprint density at radius 1 is 1.33 bits per heavy atom. The molecule has 0 amide bonds. The minimum Gasteiger partial charge on any atom is -0.392 e. The predicted octanol–water partition coefficient (Wildman–Crippen LogP) is 3.77. The monoisotopic (exact) mass is 317 g/mol. The molecule has 1 aliphatic rings. The summed E-state index contributed by atoms with van der Waals surface area (Å²) in [5.41, 5.74) is 0.0422. The van der Waals surface area contributed by atoms with Gasteiger partial charge in [-0.25, -0.2) is 8.78 Å². The van der Waals surface area contributed by atoms with Crippen LogP contribution in [0.4, 0.5) is 8.78 Å². The third-order valence-corrected chi connectivity index (χ3v) is 3.49. The first-order valence-electron chi connectivity index (χ1n) is 5.11. The normalized spacial score (nSPS) is 19.3. The predicted molar refractivity (Wildman–Crippen MR) is 68.3 cm³/mol. The van der Waals surface area contributed by atoms with Crippen LogP contribution < -0.4 is 0 Å². The highest BCUT2D eigenvalue weighted by Crippen LogP contribution is 2.53. The summed E-state index contributed by atoms with van der Waals surface area (Å²) in [6, 6.07) is 6.96. The maximum Gasteiger partial charge on any atom is 0.251 e. The summed E-state index contributed by atoms with van der Waals surface area (Å²) < 4.78 is 26.6. The van der Waals surface area contributed by atoms with Gasteiger partial charge in [0.1, 0.15) is 0 Å². The van der Waals surface area contributed by atoms with Gasteiger partial charge in [-0.2, -0.15) is 5.26 Å². The average molecular weight is 318 g/mol. The Kier molecular flexibility index (Phi) is 4.14. The number of hydrogen-bond acceptors (Lipinski definition) is 2. The van der Waals surface area contributed by atoms with Gasteiger partial charge in [-0.3, -0.25) is 0 Å². The van der Waals surface area contributed by atoms with Crippen LogP contribution in [-0.2, 0) is 12.0 Å². The van der Waals surface area contributed by atoms with Gasteiger partial charge in [-0.05, 0) is 23.3 Å².